The van der Waals surface area contributed by atoms with E-state index in [-0.39, 0.29) is 29.7 Å². The standard InChI is InChI=1S/C17H33N3O3S.HI/c1-4-16(3,21)13-19-15(18-5-2)20-11-12-24(22,23)17(14-20)9-7-6-8-10-17;/h21H,4-14H2,1-3H3,(H,18,19);1H. The molecule has 1 heterocycles. The molecule has 2 aliphatic rings. The lowest BCUT2D eigenvalue weighted by atomic mass is 9.87. The molecule has 6 nitrogen and oxygen atoms in total. The molecule has 0 bridgehead atoms. The average molecular weight is 487 g/mol. The summed E-state index contributed by atoms with van der Waals surface area (Å²) in [6.45, 7) is 7.77. The van der Waals surface area contributed by atoms with E-state index in [0.717, 1.165) is 44.6 Å². The van der Waals surface area contributed by atoms with Gasteiger partial charge in [-0.2, -0.15) is 0 Å². The van der Waals surface area contributed by atoms with E-state index in [2.05, 4.69) is 15.2 Å². The number of guanidine groups is 1. The summed E-state index contributed by atoms with van der Waals surface area (Å²) in [6.07, 6.45) is 5.27. The first-order valence-corrected chi connectivity index (χ1v) is 10.9. The van der Waals surface area contributed by atoms with Crippen LogP contribution in [-0.4, -0.2) is 66.7 Å². The molecule has 2 N–H and O–H groups in total. The fourth-order valence-electron chi connectivity index (χ4n) is 3.60. The van der Waals surface area contributed by atoms with Gasteiger partial charge in [0.15, 0.2) is 15.8 Å². The Morgan fingerprint density at radius 2 is 1.92 bits per heavy atom. The van der Waals surface area contributed by atoms with Gasteiger partial charge in [0, 0.05) is 19.6 Å². The number of hydrogen-bond acceptors (Lipinski definition) is 4. The van der Waals surface area contributed by atoms with E-state index >= 15 is 0 Å². The lowest BCUT2D eigenvalue weighted by Crippen LogP contribution is -2.60. The molecule has 0 aromatic carbocycles. The van der Waals surface area contributed by atoms with Gasteiger partial charge in [-0.15, -0.1) is 24.0 Å². The molecule has 2 fully saturated rings. The van der Waals surface area contributed by atoms with E-state index in [1.54, 1.807) is 6.92 Å². The Balaban J connectivity index is 0.00000312. The van der Waals surface area contributed by atoms with Crippen LogP contribution in [0.15, 0.2) is 4.99 Å². The van der Waals surface area contributed by atoms with E-state index in [1.807, 2.05) is 13.8 Å². The Morgan fingerprint density at radius 3 is 2.48 bits per heavy atom. The SMILES string of the molecule is CCNC(=NCC(C)(O)CC)N1CCS(=O)(=O)C2(CCCCC2)C1.I. The van der Waals surface area contributed by atoms with Gasteiger partial charge in [-0.05, 0) is 33.1 Å². The summed E-state index contributed by atoms with van der Waals surface area (Å²) in [4.78, 5) is 6.68. The van der Waals surface area contributed by atoms with E-state index in [0.29, 0.717) is 26.1 Å². The van der Waals surface area contributed by atoms with Gasteiger partial charge in [0.05, 0.1) is 22.6 Å². The summed E-state index contributed by atoms with van der Waals surface area (Å²) in [7, 11) is -3.05. The van der Waals surface area contributed by atoms with Gasteiger partial charge in [-0.3, -0.25) is 4.99 Å². The van der Waals surface area contributed by atoms with E-state index in [1.165, 1.54) is 0 Å². The highest BCUT2D eigenvalue weighted by Crippen LogP contribution is 2.38. The average Bonchev–Trinajstić information content (AvgIpc) is 2.55. The predicted octanol–water partition coefficient (Wildman–Crippen LogP) is 2.16. The van der Waals surface area contributed by atoms with Crippen molar-refractivity contribution in [3.63, 3.8) is 0 Å². The zero-order chi connectivity index (χ0) is 17.8. The molecular formula is C17H34IN3O3S. The van der Waals surface area contributed by atoms with Gasteiger partial charge in [-0.1, -0.05) is 26.2 Å². The molecule has 1 aliphatic heterocycles. The van der Waals surface area contributed by atoms with E-state index in [9.17, 15) is 13.5 Å². The van der Waals surface area contributed by atoms with Crippen molar-refractivity contribution in [2.75, 3.05) is 31.9 Å². The molecule has 1 unspecified atom stereocenters. The molecule has 1 spiro atoms. The number of aliphatic imine (C=N–C) groups is 1. The second-order valence-electron chi connectivity index (χ2n) is 7.50. The first kappa shape index (κ1) is 23.0. The largest absolute Gasteiger partial charge is 0.388 e. The minimum Gasteiger partial charge on any atom is -0.388 e. The van der Waals surface area contributed by atoms with Gasteiger partial charge in [0.1, 0.15) is 0 Å². The number of hydrogen-bond donors (Lipinski definition) is 2. The third-order valence-corrected chi connectivity index (χ3v) is 8.08. The first-order chi connectivity index (χ1) is 11.3. The maximum Gasteiger partial charge on any atom is 0.194 e. The van der Waals surface area contributed by atoms with Crippen molar-refractivity contribution < 1.29 is 13.5 Å². The molecule has 2 rings (SSSR count). The highest BCUT2D eigenvalue weighted by Gasteiger charge is 2.48. The van der Waals surface area contributed by atoms with Crippen LogP contribution < -0.4 is 5.32 Å². The van der Waals surface area contributed by atoms with E-state index < -0.39 is 20.2 Å². The molecule has 0 aromatic rings. The molecule has 0 aromatic heterocycles. The number of sulfone groups is 1. The second-order valence-corrected chi connectivity index (χ2v) is 10.0. The zero-order valence-corrected chi connectivity index (χ0v) is 18.9. The van der Waals surface area contributed by atoms with Gasteiger partial charge in [0.25, 0.3) is 0 Å². The monoisotopic (exact) mass is 487 g/mol. The highest BCUT2D eigenvalue weighted by atomic mass is 127. The molecule has 25 heavy (non-hydrogen) atoms. The molecule has 0 amide bonds. The maximum absolute atomic E-state index is 12.7. The summed E-state index contributed by atoms with van der Waals surface area (Å²) < 4.78 is 24.8. The van der Waals surface area contributed by atoms with Crippen LogP contribution in [-0.2, 0) is 9.84 Å². The van der Waals surface area contributed by atoms with Crippen molar-refractivity contribution in [2.24, 2.45) is 4.99 Å². The highest BCUT2D eigenvalue weighted by molar-refractivity contribution is 14.0. The lowest BCUT2D eigenvalue weighted by molar-refractivity contribution is 0.0653. The maximum atomic E-state index is 12.7. The summed E-state index contributed by atoms with van der Waals surface area (Å²) in [5, 5.41) is 13.5. The van der Waals surface area contributed by atoms with Crippen LogP contribution in [0.3, 0.4) is 0 Å². The van der Waals surface area contributed by atoms with Crippen molar-refractivity contribution in [3.8, 4) is 0 Å². The molecule has 1 aliphatic carbocycles. The summed E-state index contributed by atoms with van der Waals surface area (Å²) in [6, 6.07) is 0. The number of nitrogens with one attached hydrogen (secondary N) is 1. The normalized spacial score (nSPS) is 25.1. The van der Waals surface area contributed by atoms with Gasteiger partial charge in [-0.25, -0.2) is 8.42 Å². The van der Waals surface area contributed by atoms with Crippen LogP contribution in [0, 0.1) is 0 Å². The van der Waals surface area contributed by atoms with Crippen LogP contribution in [0.1, 0.15) is 59.3 Å². The second kappa shape index (κ2) is 9.21. The fraction of sp³-hybridized carbons (Fsp3) is 0.941. The lowest BCUT2D eigenvalue weighted by Gasteiger charge is -2.45. The number of aliphatic hydroxyl groups is 1. The van der Waals surface area contributed by atoms with E-state index in [4.69, 9.17) is 0 Å². The van der Waals surface area contributed by atoms with Crippen molar-refractivity contribution in [2.45, 2.75) is 69.6 Å². The molecule has 8 heteroatoms. The minimum absolute atomic E-state index is 0. The third kappa shape index (κ3) is 5.45. The number of nitrogens with zero attached hydrogens (tertiary/aromatic N) is 2. The Labute approximate surface area is 169 Å². The van der Waals surface area contributed by atoms with Crippen LogP contribution in [0.2, 0.25) is 0 Å². The van der Waals surface area contributed by atoms with Crippen molar-refractivity contribution >= 4 is 39.8 Å². The molecular weight excluding hydrogens is 453 g/mol. The molecule has 1 saturated heterocycles. The number of halogens is 1. The van der Waals surface area contributed by atoms with Crippen molar-refractivity contribution in [1.82, 2.24) is 10.2 Å². The zero-order valence-electron chi connectivity index (χ0n) is 15.8. The Kier molecular flexibility index (Phi) is 8.46. The predicted molar refractivity (Wildman–Crippen MR) is 113 cm³/mol. The fourth-order valence-corrected chi connectivity index (χ4v) is 5.76. The smallest absolute Gasteiger partial charge is 0.194 e. The summed E-state index contributed by atoms with van der Waals surface area (Å²) in [5.74, 6) is 0.924. The van der Waals surface area contributed by atoms with Crippen molar-refractivity contribution in [1.29, 1.82) is 0 Å². The minimum atomic E-state index is -3.05. The molecule has 148 valence electrons. The van der Waals surface area contributed by atoms with Crippen LogP contribution in [0.5, 0.6) is 0 Å². The molecule has 0 radical (unpaired) electrons. The number of rotatable bonds is 4. The van der Waals surface area contributed by atoms with Crippen LogP contribution >= 0.6 is 24.0 Å². The van der Waals surface area contributed by atoms with Gasteiger partial charge < -0.3 is 15.3 Å². The summed E-state index contributed by atoms with van der Waals surface area (Å²) >= 11 is 0. The Hall–Kier alpha value is -0.0900. The summed E-state index contributed by atoms with van der Waals surface area (Å²) in [5.41, 5.74) is -0.828. The quantitative estimate of drug-likeness (QED) is 0.361. The molecule has 1 atom stereocenters. The first-order valence-electron chi connectivity index (χ1n) is 9.23. The third-order valence-electron chi connectivity index (χ3n) is 5.50. The van der Waals surface area contributed by atoms with Crippen molar-refractivity contribution in [3.05, 3.63) is 0 Å². The van der Waals surface area contributed by atoms with Gasteiger partial charge >= 0.3 is 0 Å². The van der Waals surface area contributed by atoms with Gasteiger partial charge in [0.2, 0.25) is 0 Å². The van der Waals surface area contributed by atoms with Crippen LogP contribution in [0.25, 0.3) is 0 Å². The Morgan fingerprint density at radius 1 is 1.28 bits per heavy atom. The molecule has 1 saturated carbocycles. The van der Waals surface area contributed by atoms with Crippen LogP contribution in [0.4, 0.5) is 0 Å². The Bertz CT molecular complexity index is 557. The topological polar surface area (TPSA) is 82.0 Å².